The normalized spacial score (nSPS) is 11.5. The Labute approximate surface area is 130 Å². The van der Waals surface area contributed by atoms with E-state index in [4.69, 9.17) is 0 Å². The zero-order chi connectivity index (χ0) is 16.3. The molecule has 2 rings (SSSR count). The second-order valence-electron chi connectivity index (χ2n) is 5.07. The molecule has 6 heteroatoms. The molecule has 5 nitrogen and oxygen atoms in total. The average Bonchev–Trinajstić information content (AvgIpc) is 2.47. The molecule has 116 valence electrons. The number of rotatable bonds is 4. The van der Waals surface area contributed by atoms with Crippen LogP contribution < -0.4 is 5.32 Å². The van der Waals surface area contributed by atoms with Gasteiger partial charge in [-0.2, -0.15) is 0 Å². The lowest BCUT2D eigenvalue weighted by Gasteiger charge is -2.12. The number of nitrogens with zero attached hydrogens (tertiary/aromatic N) is 1. The van der Waals surface area contributed by atoms with E-state index in [1.807, 2.05) is 12.1 Å². The van der Waals surface area contributed by atoms with E-state index in [1.54, 1.807) is 36.4 Å². The van der Waals surface area contributed by atoms with Gasteiger partial charge in [0.25, 0.3) is 0 Å². The second kappa shape index (κ2) is 6.29. The van der Waals surface area contributed by atoms with Crippen LogP contribution in [0, 0.1) is 0 Å². The summed E-state index contributed by atoms with van der Waals surface area (Å²) in [6, 6.07) is 14.1. The van der Waals surface area contributed by atoms with E-state index in [0.717, 1.165) is 16.8 Å². The van der Waals surface area contributed by atoms with E-state index in [-0.39, 0.29) is 10.8 Å². The Morgan fingerprint density at radius 3 is 1.77 bits per heavy atom. The van der Waals surface area contributed by atoms with Crippen molar-refractivity contribution in [1.29, 1.82) is 0 Å². The van der Waals surface area contributed by atoms with E-state index in [9.17, 15) is 13.2 Å². The fourth-order valence-corrected chi connectivity index (χ4v) is 2.88. The third kappa shape index (κ3) is 3.52. The molecule has 0 aliphatic heterocycles. The number of sulfonamides is 1. The molecule has 1 N–H and O–H groups in total. The first-order valence-corrected chi connectivity index (χ1v) is 8.15. The van der Waals surface area contributed by atoms with Crippen LogP contribution in [0.2, 0.25) is 0 Å². The fraction of sp³-hybridized carbons (Fsp3) is 0.188. The smallest absolute Gasteiger partial charge is 0.242 e. The molecule has 2 aromatic carbocycles. The van der Waals surface area contributed by atoms with E-state index in [0.29, 0.717) is 0 Å². The van der Waals surface area contributed by atoms with E-state index in [1.165, 1.54) is 25.3 Å². The molecule has 0 aliphatic rings. The number of carbonyl (C=O) groups is 1. The van der Waals surface area contributed by atoms with Crippen molar-refractivity contribution in [2.24, 2.45) is 0 Å². The van der Waals surface area contributed by atoms with Crippen molar-refractivity contribution in [2.45, 2.75) is 11.8 Å². The Morgan fingerprint density at radius 2 is 1.36 bits per heavy atom. The summed E-state index contributed by atoms with van der Waals surface area (Å²) in [5.41, 5.74) is 2.58. The van der Waals surface area contributed by atoms with Gasteiger partial charge in [0.05, 0.1) is 4.90 Å². The molecule has 22 heavy (non-hydrogen) atoms. The molecule has 0 unspecified atom stereocenters. The van der Waals surface area contributed by atoms with Gasteiger partial charge in [0, 0.05) is 26.7 Å². The highest BCUT2D eigenvalue weighted by Gasteiger charge is 2.16. The van der Waals surface area contributed by atoms with Crippen molar-refractivity contribution in [3.8, 4) is 11.1 Å². The van der Waals surface area contributed by atoms with Crippen molar-refractivity contribution in [3.05, 3.63) is 48.5 Å². The largest absolute Gasteiger partial charge is 0.326 e. The topological polar surface area (TPSA) is 66.5 Å². The van der Waals surface area contributed by atoms with Crippen molar-refractivity contribution in [3.63, 3.8) is 0 Å². The summed E-state index contributed by atoms with van der Waals surface area (Å²) in [6.45, 7) is 1.46. The van der Waals surface area contributed by atoms with Crippen LogP contribution in [0.1, 0.15) is 6.92 Å². The van der Waals surface area contributed by atoms with Crippen LogP contribution in [0.5, 0.6) is 0 Å². The molecule has 2 aromatic rings. The molecule has 0 bridgehead atoms. The van der Waals surface area contributed by atoms with Gasteiger partial charge in [0.2, 0.25) is 15.9 Å². The lowest BCUT2D eigenvalue weighted by molar-refractivity contribution is -0.114. The molecule has 0 atom stereocenters. The van der Waals surface area contributed by atoms with Gasteiger partial charge in [-0.25, -0.2) is 12.7 Å². The van der Waals surface area contributed by atoms with Gasteiger partial charge in [0.15, 0.2) is 0 Å². The molecule has 0 saturated carbocycles. The molecule has 0 aliphatic carbocycles. The third-order valence-corrected chi connectivity index (χ3v) is 5.00. The standard InChI is InChI=1S/C16H18N2O3S/c1-12(19)17-15-8-4-13(5-9-15)14-6-10-16(11-7-14)22(20,21)18(2)3/h4-11H,1-3H3,(H,17,19). The van der Waals surface area contributed by atoms with Gasteiger partial charge in [-0.3, -0.25) is 4.79 Å². The number of nitrogens with one attached hydrogen (secondary N) is 1. The van der Waals surface area contributed by atoms with E-state index in [2.05, 4.69) is 5.32 Å². The van der Waals surface area contributed by atoms with Crippen LogP contribution in [0.25, 0.3) is 11.1 Å². The summed E-state index contributed by atoms with van der Waals surface area (Å²) in [6.07, 6.45) is 0. The first-order chi connectivity index (χ1) is 10.3. The zero-order valence-corrected chi connectivity index (χ0v) is 13.5. The Morgan fingerprint density at radius 1 is 0.909 bits per heavy atom. The third-order valence-electron chi connectivity index (χ3n) is 3.17. The second-order valence-corrected chi connectivity index (χ2v) is 7.22. The maximum Gasteiger partial charge on any atom is 0.242 e. The first-order valence-electron chi connectivity index (χ1n) is 6.71. The number of benzene rings is 2. The SMILES string of the molecule is CC(=O)Nc1ccc(-c2ccc(S(=O)(=O)N(C)C)cc2)cc1. The molecule has 0 heterocycles. The Kier molecular flexibility index (Phi) is 4.63. The predicted molar refractivity (Wildman–Crippen MR) is 87.1 cm³/mol. The van der Waals surface area contributed by atoms with Gasteiger partial charge >= 0.3 is 0 Å². The van der Waals surface area contributed by atoms with Crippen LogP contribution in [0.3, 0.4) is 0 Å². The minimum atomic E-state index is -3.41. The molecule has 0 aromatic heterocycles. The maximum absolute atomic E-state index is 12.0. The number of amides is 1. The maximum atomic E-state index is 12.0. The molecule has 0 saturated heterocycles. The molecule has 0 spiro atoms. The highest BCUT2D eigenvalue weighted by Crippen LogP contribution is 2.23. The molecule has 1 amide bonds. The van der Waals surface area contributed by atoms with Crippen LogP contribution in [-0.2, 0) is 14.8 Å². The van der Waals surface area contributed by atoms with Gasteiger partial charge < -0.3 is 5.32 Å². The van der Waals surface area contributed by atoms with Crippen molar-refractivity contribution in [1.82, 2.24) is 4.31 Å². The summed E-state index contributed by atoms with van der Waals surface area (Å²) >= 11 is 0. The van der Waals surface area contributed by atoms with E-state index < -0.39 is 10.0 Å². The molecule has 0 radical (unpaired) electrons. The summed E-state index contributed by atoms with van der Waals surface area (Å²) in [7, 11) is -0.402. The van der Waals surface area contributed by atoms with Crippen LogP contribution in [0.4, 0.5) is 5.69 Å². The van der Waals surface area contributed by atoms with E-state index >= 15 is 0 Å². The van der Waals surface area contributed by atoms with Crippen molar-refractivity contribution < 1.29 is 13.2 Å². The molecular weight excluding hydrogens is 300 g/mol. The Hall–Kier alpha value is -2.18. The lowest BCUT2D eigenvalue weighted by atomic mass is 10.1. The lowest BCUT2D eigenvalue weighted by Crippen LogP contribution is -2.22. The number of hydrogen-bond acceptors (Lipinski definition) is 3. The summed E-state index contributed by atoms with van der Waals surface area (Å²) in [5, 5.41) is 2.70. The Bertz CT molecular complexity index is 764. The number of anilines is 1. The minimum Gasteiger partial charge on any atom is -0.326 e. The monoisotopic (exact) mass is 318 g/mol. The van der Waals surface area contributed by atoms with Crippen LogP contribution in [-0.4, -0.2) is 32.7 Å². The average molecular weight is 318 g/mol. The zero-order valence-electron chi connectivity index (χ0n) is 12.7. The first kappa shape index (κ1) is 16.2. The summed E-state index contributed by atoms with van der Waals surface area (Å²) < 4.78 is 25.2. The van der Waals surface area contributed by atoms with Gasteiger partial charge in [-0.1, -0.05) is 24.3 Å². The van der Waals surface area contributed by atoms with Gasteiger partial charge in [-0.05, 0) is 35.4 Å². The summed E-state index contributed by atoms with van der Waals surface area (Å²) in [5.74, 6) is -0.119. The predicted octanol–water partition coefficient (Wildman–Crippen LogP) is 2.56. The highest BCUT2D eigenvalue weighted by atomic mass is 32.2. The van der Waals surface area contributed by atoms with Crippen molar-refractivity contribution >= 4 is 21.6 Å². The molecule has 0 fully saturated rings. The number of carbonyl (C=O) groups excluding carboxylic acids is 1. The van der Waals surface area contributed by atoms with Crippen molar-refractivity contribution in [2.75, 3.05) is 19.4 Å². The molecular formula is C16H18N2O3S. The summed E-state index contributed by atoms with van der Waals surface area (Å²) in [4.78, 5) is 11.2. The fourth-order valence-electron chi connectivity index (χ4n) is 1.98. The van der Waals surface area contributed by atoms with Gasteiger partial charge in [-0.15, -0.1) is 0 Å². The Balaban J connectivity index is 2.26. The highest BCUT2D eigenvalue weighted by molar-refractivity contribution is 7.89. The number of hydrogen-bond donors (Lipinski definition) is 1. The minimum absolute atomic E-state index is 0.119. The quantitative estimate of drug-likeness (QED) is 0.942. The van der Waals surface area contributed by atoms with Crippen LogP contribution in [0.15, 0.2) is 53.4 Å². The van der Waals surface area contributed by atoms with Crippen LogP contribution >= 0.6 is 0 Å². The van der Waals surface area contributed by atoms with Gasteiger partial charge in [0.1, 0.15) is 0 Å².